The zero-order chi connectivity index (χ0) is 18.5. The van der Waals surface area contributed by atoms with Crippen molar-refractivity contribution in [2.45, 2.75) is 38.3 Å². The van der Waals surface area contributed by atoms with E-state index in [0.717, 1.165) is 24.8 Å². The number of hydrogen-bond acceptors (Lipinski definition) is 4. The minimum Gasteiger partial charge on any atom is -0.449 e. The molecule has 0 radical (unpaired) electrons. The third-order valence-corrected chi connectivity index (χ3v) is 4.57. The zero-order valence-corrected chi connectivity index (χ0v) is 14.6. The highest BCUT2D eigenvalue weighted by molar-refractivity contribution is 5.92. The van der Waals surface area contributed by atoms with Gasteiger partial charge in [-0.3, -0.25) is 4.79 Å². The van der Waals surface area contributed by atoms with Gasteiger partial charge in [0, 0.05) is 0 Å². The van der Waals surface area contributed by atoms with Gasteiger partial charge in [0.15, 0.2) is 6.10 Å². The van der Waals surface area contributed by atoms with Crippen molar-refractivity contribution in [2.24, 2.45) is 0 Å². The van der Waals surface area contributed by atoms with Gasteiger partial charge in [-0.2, -0.15) is 5.26 Å². The number of ether oxygens (including phenoxy) is 1. The van der Waals surface area contributed by atoms with Crippen LogP contribution in [0.25, 0.3) is 0 Å². The van der Waals surface area contributed by atoms with Crippen LogP contribution in [0.5, 0.6) is 0 Å². The first-order chi connectivity index (χ1) is 12.6. The van der Waals surface area contributed by atoms with Crippen molar-refractivity contribution in [1.82, 2.24) is 5.32 Å². The Hall–Kier alpha value is -3.13. The monoisotopic (exact) mass is 348 g/mol. The smallest absolute Gasteiger partial charge is 0.338 e. The third kappa shape index (κ3) is 3.92. The van der Waals surface area contributed by atoms with Crippen LogP contribution in [0.15, 0.2) is 48.5 Å². The van der Waals surface area contributed by atoms with E-state index in [1.807, 2.05) is 24.3 Å². The molecule has 0 saturated carbocycles. The Kier molecular flexibility index (Phi) is 5.33. The van der Waals surface area contributed by atoms with Gasteiger partial charge in [-0.05, 0) is 55.5 Å². The van der Waals surface area contributed by atoms with E-state index in [1.165, 1.54) is 11.6 Å². The van der Waals surface area contributed by atoms with Crippen LogP contribution < -0.4 is 5.32 Å². The molecular formula is C21H20N2O3. The highest BCUT2D eigenvalue weighted by atomic mass is 16.5. The summed E-state index contributed by atoms with van der Waals surface area (Å²) in [5.74, 6) is -0.940. The van der Waals surface area contributed by atoms with Gasteiger partial charge in [0.2, 0.25) is 0 Å². The average Bonchev–Trinajstić information content (AvgIpc) is 2.68. The predicted octanol–water partition coefficient (Wildman–Crippen LogP) is 3.30. The fraction of sp³-hybridized carbons (Fsp3) is 0.286. The molecule has 3 rings (SSSR count). The lowest BCUT2D eigenvalue weighted by atomic mass is 9.87. The Morgan fingerprint density at radius 1 is 1.23 bits per heavy atom. The van der Waals surface area contributed by atoms with Crippen molar-refractivity contribution in [1.29, 1.82) is 5.26 Å². The standard InChI is InChI=1S/C21H20N2O3/c1-14(26-21(25)17-9-4-6-15(12-17)13-22)20(24)23-19-11-5-8-16-7-2-3-10-18(16)19/h2-4,6-7,9-10,12,14,19H,5,8,11H2,1H3,(H,23,24)/t14-,19+/m1/s1. The minimum atomic E-state index is -0.915. The number of nitriles is 1. The fourth-order valence-electron chi connectivity index (χ4n) is 3.19. The fourth-order valence-corrected chi connectivity index (χ4v) is 3.19. The lowest BCUT2D eigenvalue weighted by Crippen LogP contribution is -2.39. The van der Waals surface area contributed by atoms with Gasteiger partial charge < -0.3 is 10.1 Å². The lowest BCUT2D eigenvalue weighted by molar-refractivity contribution is -0.130. The van der Waals surface area contributed by atoms with E-state index in [1.54, 1.807) is 25.1 Å². The highest BCUT2D eigenvalue weighted by Gasteiger charge is 2.25. The summed E-state index contributed by atoms with van der Waals surface area (Å²) in [6.45, 7) is 1.55. The van der Waals surface area contributed by atoms with E-state index < -0.39 is 12.1 Å². The summed E-state index contributed by atoms with van der Waals surface area (Å²) < 4.78 is 5.27. The molecular weight excluding hydrogens is 328 g/mol. The Labute approximate surface area is 152 Å². The predicted molar refractivity (Wildman–Crippen MR) is 96.3 cm³/mol. The number of carbonyl (C=O) groups is 2. The number of carbonyl (C=O) groups excluding carboxylic acids is 2. The van der Waals surface area contributed by atoms with Crippen molar-refractivity contribution in [2.75, 3.05) is 0 Å². The maximum atomic E-state index is 12.5. The van der Waals surface area contributed by atoms with Gasteiger partial charge in [-0.25, -0.2) is 4.79 Å². The number of rotatable bonds is 4. The molecule has 0 saturated heterocycles. The quantitative estimate of drug-likeness (QED) is 0.860. The average molecular weight is 348 g/mol. The maximum absolute atomic E-state index is 12.5. The molecule has 1 aliphatic carbocycles. The van der Waals surface area contributed by atoms with Crippen LogP contribution >= 0.6 is 0 Å². The molecule has 0 unspecified atom stereocenters. The molecule has 0 heterocycles. The van der Waals surface area contributed by atoms with Gasteiger partial charge in [0.05, 0.1) is 23.2 Å². The molecule has 1 aliphatic rings. The van der Waals surface area contributed by atoms with Crippen LogP contribution in [0.2, 0.25) is 0 Å². The van der Waals surface area contributed by atoms with E-state index in [2.05, 4.69) is 11.4 Å². The molecule has 1 amide bonds. The number of esters is 1. The second-order valence-electron chi connectivity index (χ2n) is 6.39. The van der Waals surface area contributed by atoms with Gasteiger partial charge in [0.25, 0.3) is 5.91 Å². The SMILES string of the molecule is C[C@@H](OC(=O)c1cccc(C#N)c1)C(=O)N[C@H]1CCCc2ccccc21. The number of nitrogens with one attached hydrogen (secondary N) is 1. The normalized spacial score (nSPS) is 16.7. The number of fused-ring (bicyclic) bond motifs is 1. The molecule has 132 valence electrons. The molecule has 2 atom stereocenters. The number of nitrogens with zero attached hydrogens (tertiary/aromatic N) is 1. The minimum absolute atomic E-state index is 0.0597. The summed E-state index contributed by atoms with van der Waals surface area (Å²) in [6, 6.07) is 16.2. The Morgan fingerprint density at radius 2 is 2.04 bits per heavy atom. The van der Waals surface area contributed by atoms with Gasteiger partial charge in [0.1, 0.15) is 0 Å². The molecule has 1 N–H and O–H groups in total. The van der Waals surface area contributed by atoms with Gasteiger partial charge in [-0.15, -0.1) is 0 Å². The van der Waals surface area contributed by atoms with Crippen LogP contribution in [-0.2, 0) is 16.0 Å². The van der Waals surface area contributed by atoms with Gasteiger partial charge in [-0.1, -0.05) is 30.3 Å². The molecule has 26 heavy (non-hydrogen) atoms. The van der Waals surface area contributed by atoms with E-state index in [9.17, 15) is 9.59 Å². The number of aryl methyl sites for hydroxylation is 1. The van der Waals surface area contributed by atoms with E-state index in [0.29, 0.717) is 5.56 Å². The van der Waals surface area contributed by atoms with E-state index in [4.69, 9.17) is 10.00 Å². The van der Waals surface area contributed by atoms with Crippen molar-refractivity contribution >= 4 is 11.9 Å². The topological polar surface area (TPSA) is 79.2 Å². The number of hydrogen-bond donors (Lipinski definition) is 1. The van der Waals surface area contributed by atoms with Crippen molar-refractivity contribution < 1.29 is 14.3 Å². The summed E-state index contributed by atoms with van der Waals surface area (Å²) in [5.41, 5.74) is 3.01. The molecule has 0 aromatic heterocycles. The first-order valence-corrected chi connectivity index (χ1v) is 8.68. The molecule has 0 fully saturated rings. The van der Waals surface area contributed by atoms with Crippen LogP contribution in [0.3, 0.4) is 0 Å². The molecule has 5 heteroatoms. The Balaban J connectivity index is 1.63. The van der Waals surface area contributed by atoms with E-state index in [-0.39, 0.29) is 17.5 Å². The molecule has 2 aromatic rings. The summed E-state index contributed by atoms with van der Waals surface area (Å²) in [7, 11) is 0. The Morgan fingerprint density at radius 3 is 2.85 bits per heavy atom. The molecule has 0 aliphatic heterocycles. The summed E-state index contributed by atoms with van der Waals surface area (Å²) >= 11 is 0. The largest absolute Gasteiger partial charge is 0.449 e. The maximum Gasteiger partial charge on any atom is 0.338 e. The van der Waals surface area contributed by atoms with Crippen LogP contribution in [-0.4, -0.2) is 18.0 Å². The molecule has 2 aromatic carbocycles. The van der Waals surface area contributed by atoms with Gasteiger partial charge >= 0.3 is 5.97 Å². The van der Waals surface area contributed by atoms with E-state index >= 15 is 0 Å². The van der Waals surface area contributed by atoms with Crippen molar-refractivity contribution in [3.63, 3.8) is 0 Å². The molecule has 0 spiro atoms. The summed E-state index contributed by atoms with van der Waals surface area (Å²) in [6.07, 6.45) is 1.98. The Bertz CT molecular complexity index is 870. The lowest BCUT2D eigenvalue weighted by Gasteiger charge is -2.27. The highest BCUT2D eigenvalue weighted by Crippen LogP contribution is 2.29. The molecule has 0 bridgehead atoms. The van der Waals surface area contributed by atoms with Crippen molar-refractivity contribution in [3.8, 4) is 6.07 Å². The second-order valence-corrected chi connectivity index (χ2v) is 6.39. The first kappa shape index (κ1) is 17.7. The number of amides is 1. The van der Waals surface area contributed by atoms with Crippen molar-refractivity contribution in [3.05, 3.63) is 70.8 Å². The third-order valence-electron chi connectivity index (χ3n) is 4.57. The molecule has 5 nitrogen and oxygen atoms in total. The van der Waals surface area contributed by atoms with Crippen LogP contribution in [0, 0.1) is 11.3 Å². The summed E-state index contributed by atoms with van der Waals surface area (Å²) in [5, 5.41) is 11.9. The van der Waals surface area contributed by atoms with Crippen LogP contribution in [0.4, 0.5) is 0 Å². The first-order valence-electron chi connectivity index (χ1n) is 8.68. The van der Waals surface area contributed by atoms with Crippen LogP contribution in [0.1, 0.15) is 52.9 Å². The number of benzene rings is 2. The summed E-state index contributed by atoms with van der Waals surface area (Å²) in [4.78, 5) is 24.7. The second kappa shape index (κ2) is 7.83. The zero-order valence-electron chi connectivity index (χ0n) is 14.6.